The van der Waals surface area contributed by atoms with E-state index in [1.807, 2.05) is 6.07 Å². The third-order valence-corrected chi connectivity index (χ3v) is 3.46. The van der Waals surface area contributed by atoms with Gasteiger partial charge in [-0.1, -0.05) is 23.2 Å². The fraction of sp³-hybridized carbons (Fsp3) is 0.143. The molecule has 0 radical (unpaired) electrons. The second-order valence-electron chi connectivity index (χ2n) is 2.45. The Kier molecular flexibility index (Phi) is 2.45. The van der Waals surface area contributed by atoms with Crippen LogP contribution in [0.3, 0.4) is 0 Å². The Hall–Kier alpha value is -0.320. The molecule has 0 saturated heterocycles. The van der Waals surface area contributed by atoms with E-state index in [9.17, 15) is 0 Å². The van der Waals surface area contributed by atoms with Gasteiger partial charge in [-0.25, -0.2) is 4.99 Å². The monoisotopic (exact) mass is 279 g/mol. The molecular weight excluding hydrogens is 277 g/mol. The maximum absolute atomic E-state index is 5.94. The number of aromatic nitrogens is 1. The summed E-state index contributed by atoms with van der Waals surface area (Å²) in [5.41, 5.74) is 1.11. The molecule has 0 fully saturated rings. The molecule has 3 nitrogen and oxygen atoms in total. The zero-order chi connectivity index (χ0) is 9.42. The highest BCUT2D eigenvalue weighted by molar-refractivity contribution is 9.10. The zero-order valence-corrected chi connectivity index (χ0v) is 9.38. The molecule has 13 heavy (non-hydrogen) atoms. The molecule has 1 aliphatic rings. The lowest BCUT2D eigenvalue weighted by atomic mass is 10.3. The van der Waals surface area contributed by atoms with Crippen LogP contribution in [-0.2, 0) is 0 Å². The first kappa shape index (κ1) is 9.24. The quantitative estimate of drug-likeness (QED) is 0.415. The molecule has 2 heterocycles. The largest absolute Gasteiger partial charge is 0.282 e. The molecule has 68 valence electrons. The van der Waals surface area contributed by atoms with Crippen molar-refractivity contribution in [2.75, 3.05) is 3.93 Å². The SMILES string of the molecule is ClC1=Nc2cnccc2N(Br)C1Cl. The maximum atomic E-state index is 5.94. The van der Waals surface area contributed by atoms with Crippen LogP contribution in [0, 0.1) is 0 Å². The van der Waals surface area contributed by atoms with Crippen molar-refractivity contribution in [3.8, 4) is 0 Å². The Bertz CT molecular complexity index is 369. The average Bonchev–Trinajstić information content (AvgIpc) is 2.15. The van der Waals surface area contributed by atoms with Crippen molar-refractivity contribution in [2.24, 2.45) is 4.99 Å². The number of hydrogen-bond acceptors (Lipinski definition) is 3. The number of fused-ring (bicyclic) bond motifs is 1. The summed E-state index contributed by atoms with van der Waals surface area (Å²) in [6, 6.07) is 1.81. The van der Waals surface area contributed by atoms with Gasteiger partial charge in [-0.3, -0.25) is 8.91 Å². The first-order valence-electron chi connectivity index (χ1n) is 3.47. The Balaban J connectivity index is 2.56. The molecular formula is C7H4BrCl2N3. The van der Waals surface area contributed by atoms with Crippen LogP contribution in [-0.4, -0.2) is 15.7 Å². The predicted octanol–water partition coefficient (Wildman–Crippen LogP) is 3.05. The van der Waals surface area contributed by atoms with Crippen LogP contribution in [0.5, 0.6) is 0 Å². The molecule has 2 rings (SSSR count). The van der Waals surface area contributed by atoms with Crippen molar-refractivity contribution in [1.29, 1.82) is 0 Å². The minimum Gasteiger partial charge on any atom is -0.282 e. The van der Waals surface area contributed by atoms with E-state index in [1.165, 1.54) is 0 Å². The van der Waals surface area contributed by atoms with E-state index < -0.39 is 5.50 Å². The van der Waals surface area contributed by atoms with Gasteiger partial charge in [0.15, 0.2) is 5.50 Å². The molecule has 0 amide bonds. The van der Waals surface area contributed by atoms with Gasteiger partial charge in [0.25, 0.3) is 0 Å². The number of aliphatic imine (C=N–C) groups is 1. The van der Waals surface area contributed by atoms with E-state index in [1.54, 1.807) is 16.3 Å². The van der Waals surface area contributed by atoms with E-state index in [-0.39, 0.29) is 0 Å². The lowest BCUT2D eigenvalue weighted by Gasteiger charge is -2.26. The number of nitrogens with zero attached hydrogens (tertiary/aromatic N) is 3. The smallest absolute Gasteiger partial charge is 0.167 e. The van der Waals surface area contributed by atoms with Crippen LogP contribution in [0.4, 0.5) is 11.4 Å². The molecule has 1 aromatic rings. The summed E-state index contributed by atoms with van der Waals surface area (Å²) in [7, 11) is 0. The summed E-state index contributed by atoms with van der Waals surface area (Å²) in [6.45, 7) is 0. The van der Waals surface area contributed by atoms with Crippen LogP contribution in [0.25, 0.3) is 0 Å². The third kappa shape index (κ3) is 1.54. The first-order valence-corrected chi connectivity index (χ1v) is 4.99. The molecule has 0 N–H and O–H groups in total. The summed E-state index contributed by atoms with van der Waals surface area (Å²) >= 11 is 15.1. The van der Waals surface area contributed by atoms with Crippen LogP contribution in [0.15, 0.2) is 23.5 Å². The van der Waals surface area contributed by atoms with Crippen molar-refractivity contribution in [3.05, 3.63) is 18.5 Å². The normalized spacial score (nSPS) is 21.0. The second-order valence-corrected chi connectivity index (χ2v) is 4.01. The summed E-state index contributed by atoms with van der Waals surface area (Å²) in [6.07, 6.45) is 3.31. The number of hydrogen-bond donors (Lipinski definition) is 0. The van der Waals surface area contributed by atoms with Gasteiger partial charge in [0.2, 0.25) is 0 Å². The number of rotatable bonds is 0. The summed E-state index contributed by atoms with van der Waals surface area (Å²) < 4.78 is 1.67. The van der Waals surface area contributed by atoms with Gasteiger partial charge in [0, 0.05) is 6.20 Å². The van der Waals surface area contributed by atoms with E-state index in [2.05, 4.69) is 26.1 Å². The number of halogens is 3. The van der Waals surface area contributed by atoms with Gasteiger partial charge in [-0.05, 0) is 6.07 Å². The average molecular weight is 281 g/mol. The van der Waals surface area contributed by atoms with Gasteiger partial charge < -0.3 is 0 Å². The fourth-order valence-corrected chi connectivity index (χ4v) is 1.98. The first-order chi connectivity index (χ1) is 6.20. The predicted molar refractivity (Wildman–Crippen MR) is 58.2 cm³/mol. The van der Waals surface area contributed by atoms with E-state index in [0.717, 1.165) is 5.69 Å². The van der Waals surface area contributed by atoms with Gasteiger partial charge in [0.05, 0.1) is 28.0 Å². The third-order valence-electron chi connectivity index (χ3n) is 1.63. The molecule has 1 aromatic heterocycles. The summed E-state index contributed by atoms with van der Waals surface area (Å²) in [4.78, 5) is 8.03. The van der Waals surface area contributed by atoms with E-state index in [4.69, 9.17) is 23.2 Å². The lowest BCUT2D eigenvalue weighted by molar-refractivity contribution is 1.14. The molecule has 0 saturated carbocycles. The molecule has 0 spiro atoms. The van der Waals surface area contributed by atoms with Gasteiger partial charge in [-0.2, -0.15) is 0 Å². The fourth-order valence-electron chi connectivity index (χ4n) is 1.03. The van der Waals surface area contributed by atoms with E-state index >= 15 is 0 Å². The Morgan fingerprint density at radius 3 is 3.08 bits per heavy atom. The van der Waals surface area contributed by atoms with Crippen molar-refractivity contribution >= 4 is 55.9 Å². The van der Waals surface area contributed by atoms with Crippen molar-refractivity contribution in [1.82, 2.24) is 4.98 Å². The highest BCUT2D eigenvalue weighted by atomic mass is 79.9. The van der Waals surface area contributed by atoms with Gasteiger partial charge in [0.1, 0.15) is 10.9 Å². The van der Waals surface area contributed by atoms with Gasteiger partial charge in [-0.15, -0.1) is 0 Å². The number of anilines is 1. The van der Waals surface area contributed by atoms with Gasteiger partial charge >= 0.3 is 0 Å². The van der Waals surface area contributed by atoms with Crippen LogP contribution >= 0.6 is 39.3 Å². The molecule has 1 unspecified atom stereocenters. The van der Waals surface area contributed by atoms with E-state index in [0.29, 0.717) is 10.9 Å². The van der Waals surface area contributed by atoms with Crippen LogP contribution in [0.1, 0.15) is 0 Å². The highest BCUT2D eigenvalue weighted by Crippen LogP contribution is 2.37. The summed E-state index contributed by atoms with van der Waals surface area (Å²) in [5.74, 6) is 0. The molecule has 0 aliphatic carbocycles. The highest BCUT2D eigenvalue weighted by Gasteiger charge is 2.25. The standard InChI is InChI=1S/C7H4BrCl2N3/c8-13-5-1-2-11-3-4(5)12-6(9)7(13)10/h1-3,7H. The van der Waals surface area contributed by atoms with Crippen LogP contribution < -0.4 is 3.93 Å². The van der Waals surface area contributed by atoms with Crippen LogP contribution in [0.2, 0.25) is 0 Å². The molecule has 1 aliphatic heterocycles. The zero-order valence-electron chi connectivity index (χ0n) is 6.28. The molecule has 0 bridgehead atoms. The summed E-state index contributed by atoms with van der Waals surface area (Å²) in [5, 5.41) is 0.332. The molecule has 1 atom stereocenters. The van der Waals surface area contributed by atoms with Crippen molar-refractivity contribution in [3.63, 3.8) is 0 Å². The minimum atomic E-state index is -0.462. The topological polar surface area (TPSA) is 28.5 Å². The van der Waals surface area contributed by atoms with Crippen molar-refractivity contribution < 1.29 is 0 Å². The Labute approximate surface area is 93.7 Å². The second kappa shape index (κ2) is 3.44. The lowest BCUT2D eigenvalue weighted by Crippen LogP contribution is -2.28. The maximum Gasteiger partial charge on any atom is 0.167 e. The molecule has 6 heteroatoms. The Morgan fingerprint density at radius 1 is 1.54 bits per heavy atom. The van der Waals surface area contributed by atoms with Crippen molar-refractivity contribution in [2.45, 2.75) is 5.50 Å². The number of pyridine rings is 1. The Morgan fingerprint density at radius 2 is 2.31 bits per heavy atom. The number of alkyl halides is 1. The molecule has 0 aromatic carbocycles. The minimum absolute atomic E-state index is 0.332.